The second kappa shape index (κ2) is 6.41. The summed E-state index contributed by atoms with van der Waals surface area (Å²) in [5.74, 6) is -0.961. The number of carbonyl (C=O) groups is 1. The molecule has 0 aliphatic carbocycles. The first kappa shape index (κ1) is 15.7. The van der Waals surface area contributed by atoms with Crippen molar-refractivity contribution < 1.29 is 9.18 Å². The lowest BCUT2D eigenvalue weighted by Crippen LogP contribution is -2.09. The quantitative estimate of drug-likeness (QED) is 0.830. The second-order valence-corrected chi connectivity index (χ2v) is 5.63. The molecule has 0 aliphatic rings. The summed E-state index contributed by atoms with van der Waals surface area (Å²) in [6, 6.07) is 4.40. The van der Waals surface area contributed by atoms with Crippen molar-refractivity contribution in [2.45, 2.75) is 6.92 Å². The average Bonchev–Trinajstić information content (AvgIpc) is 2.65. The van der Waals surface area contributed by atoms with E-state index in [0.29, 0.717) is 20.9 Å². The number of rotatable bonds is 3. The number of hydrogen-bond donors (Lipinski definition) is 1. The zero-order valence-corrected chi connectivity index (χ0v) is 13.7. The van der Waals surface area contributed by atoms with Crippen LogP contribution in [0.15, 0.2) is 28.7 Å². The average molecular weight is 373 g/mol. The van der Waals surface area contributed by atoms with E-state index >= 15 is 0 Å². The molecule has 0 fully saturated rings. The largest absolute Gasteiger partial charge is 0.320 e. The lowest BCUT2D eigenvalue weighted by molar-refractivity contribution is -0.111. The van der Waals surface area contributed by atoms with Gasteiger partial charge < -0.3 is 5.32 Å². The minimum atomic E-state index is -0.512. The molecule has 0 atom stereocenters. The van der Waals surface area contributed by atoms with Crippen LogP contribution in [0.1, 0.15) is 11.3 Å². The van der Waals surface area contributed by atoms with Crippen LogP contribution in [0.3, 0.4) is 0 Å². The molecule has 0 saturated carbocycles. The third-order valence-corrected chi connectivity index (χ3v) is 3.73. The Hall–Kier alpha value is -1.66. The first-order chi connectivity index (χ1) is 9.88. The Morgan fingerprint density at radius 3 is 2.81 bits per heavy atom. The molecule has 0 bridgehead atoms. The molecule has 21 heavy (non-hydrogen) atoms. The Balaban J connectivity index is 2.13. The van der Waals surface area contributed by atoms with Crippen LogP contribution in [0.4, 0.5) is 10.1 Å². The number of benzene rings is 1. The smallest absolute Gasteiger partial charge is 0.248 e. The van der Waals surface area contributed by atoms with E-state index < -0.39 is 11.7 Å². The number of nitrogens with zero attached hydrogens (tertiary/aromatic N) is 2. The van der Waals surface area contributed by atoms with Crippen molar-refractivity contribution in [3.63, 3.8) is 0 Å². The third kappa shape index (κ3) is 3.71. The lowest BCUT2D eigenvalue weighted by atomic mass is 10.2. The van der Waals surface area contributed by atoms with Gasteiger partial charge in [-0.25, -0.2) is 4.39 Å². The summed E-state index contributed by atoms with van der Waals surface area (Å²) in [4.78, 5) is 11.8. The van der Waals surface area contributed by atoms with E-state index in [0.717, 1.165) is 0 Å². The number of anilines is 1. The van der Waals surface area contributed by atoms with Gasteiger partial charge in [-0.15, -0.1) is 0 Å². The van der Waals surface area contributed by atoms with Gasteiger partial charge in [0.1, 0.15) is 11.0 Å². The highest BCUT2D eigenvalue weighted by Crippen LogP contribution is 2.21. The van der Waals surface area contributed by atoms with E-state index in [1.807, 2.05) is 0 Å². The molecule has 1 aromatic heterocycles. The van der Waals surface area contributed by atoms with Gasteiger partial charge in [0.25, 0.3) is 0 Å². The van der Waals surface area contributed by atoms with Crippen molar-refractivity contribution in [1.82, 2.24) is 9.78 Å². The molecule has 1 N–H and O–H groups in total. The topological polar surface area (TPSA) is 46.9 Å². The molecule has 7 heteroatoms. The predicted octanol–water partition coefficient (Wildman–Crippen LogP) is 3.94. The van der Waals surface area contributed by atoms with Gasteiger partial charge in [-0.3, -0.25) is 9.48 Å². The van der Waals surface area contributed by atoms with Crippen LogP contribution in [0.2, 0.25) is 5.15 Å². The molecule has 2 rings (SSSR count). The van der Waals surface area contributed by atoms with Gasteiger partial charge in [0.05, 0.1) is 11.4 Å². The van der Waals surface area contributed by atoms with E-state index in [4.69, 9.17) is 11.6 Å². The highest BCUT2D eigenvalue weighted by Gasteiger charge is 2.09. The Morgan fingerprint density at radius 1 is 1.52 bits per heavy atom. The number of amides is 1. The Morgan fingerprint density at radius 2 is 2.24 bits per heavy atom. The van der Waals surface area contributed by atoms with Crippen LogP contribution in [0.5, 0.6) is 0 Å². The number of hydrogen-bond acceptors (Lipinski definition) is 2. The van der Waals surface area contributed by atoms with Crippen LogP contribution < -0.4 is 5.32 Å². The molecule has 0 radical (unpaired) electrons. The third-order valence-electron chi connectivity index (χ3n) is 2.79. The maximum absolute atomic E-state index is 13.6. The number of nitrogens with one attached hydrogen (secondary N) is 1. The maximum Gasteiger partial charge on any atom is 0.248 e. The summed E-state index contributed by atoms with van der Waals surface area (Å²) >= 11 is 9.20. The highest BCUT2D eigenvalue weighted by atomic mass is 79.9. The van der Waals surface area contributed by atoms with Gasteiger partial charge in [0.2, 0.25) is 5.91 Å². The minimum absolute atomic E-state index is 0.113. The van der Waals surface area contributed by atoms with Gasteiger partial charge in [-0.2, -0.15) is 5.10 Å². The van der Waals surface area contributed by atoms with Crippen molar-refractivity contribution in [3.8, 4) is 0 Å². The molecule has 110 valence electrons. The van der Waals surface area contributed by atoms with Gasteiger partial charge in [-0.05, 0) is 31.2 Å². The maximum atomic E-state index is 13.6. The Bertz CT molecular complexity index is 727. The number of carbonyl (C=O) groups excluding carboxylic acids is 1. The molecule has 0 aliphatic heterocycles. The fraction of sp³-hybridized carbons (Fsp3) is 0.143. The highest BCUT2D eigenvalue weighted by molar-refractivity contribution is 9.10. The number of halogens is 3. The molecular weight excluding hydrogens is 361 g/mol. The van der Waals surface area contributed by atoms with Crippen molar-refractivity contribution in [1.29, 1.82) is 0 Å². The van der Waals surface area contributed by atoms with Crippen molar-refractivity contribution >= 4 is 45.2 Å². The fourth-order valence-corrected chi connectivity index (χ4v) is 2.33. The van der Waals surface area contributed by atoms with Crippen molar-refractivity contribution in [2.24, 2.45) is 7.05 Å². The lowest BCUT2D eigenvalue weighted by Gasteiger charge is -2.03. The zero-order chi connectivity index (χ0) is 15.6. The van der Waals surface area contributed by atoms with Crippen LogP contribution in [-0.4, -0.2) is 15.7 Å². The van der Waals surface area contributed by atoms with Crippen LogP contribution in [0.25, 0.3) is 6.08 Å². The summed E-state index contributed by atoms with van der Waals surface area (Å²) in [6.07, 6.45) is 2.84. The summed E-state index contributed by atoms with van der Waals surface area (Å²) in [6.45, 7) is 1.79. The summed E-state index contributed by atoms with van der Waals surface area (Å²) in [5, 5.41) is 7.03. The summed E-state index contributed by atoms with van der Waals surface area (Å²) in [7, 11) is 1.71. The number of aryl methyl sites for hydroxylation is 2. The normalized spacial score (nSPS) is 11.1. The van der Waals surface area contributed by atoms with E-state index in [2.05, 4.69) is 26.3 Å². The Kier molecular flexibility index (Phi) is 4.80. The van der Waals surface area contributed by atoms with E-state index in [1.165, 1.54) is 22.9 Å². The monoisotopic (exact) mass is 371 g/mol. The molecule has 2 aromatic rings. The molecule has 0 saturated heterocycles. The molecule has 4 nitrogen and oxygen atoms in total. The SMILES string of the molecule is Cc1nn(C)c(Cl)c1/C=C/C(=O)Nc1ccc(Br)cc1F. The molecule has 1 heterocycles. The van der Waals surface area contributed by atoms with Gasteiger partial charge in [0, 0.05) is 23.2 Å². The first-order valence-corrected chi connectivity index (χ1v) is 7.19. The van der Waals surface area contributed by atoms with Crippen molar-refractivity contribution in [2.75, 3.05) is 5.32 Å². The van der Waals surface area contributed by atoms with Crippen molar-refractivity contribution in [3.05, 3.63) is 51.0 Å². The van der Waals surface area contributed by atoms with E-state index in [-0.39, 0.29) is 5.69 Å². The summed E-state index contributed by atoms with van der Waals surface area (Å²) in [5.41, 5.74) is 1.48. The number of aromatic nitrogens is 2. The molecular formula is C14H12BrClFN3O. The minimum Gasteiger partial charge on any atom is -0.320 e. The predicted molar refractivity (Wildman–Crippen MR) is 84.7 cm³/mol. The standard InChI is InChI=1S/C14H12BrClFN3O/c1-8-10(14(16)20(2)19-8)4-6-13(21)18-12-5-3-9(15)7-11(12)17/h3-7H,1-2H3,(H,18,21)/b6-4+. The zero-order valence-electron chi connectivity index (χ0n) is 11.3. The van der Waals surface area contributed by atoms with Gasteiger partial charge in [0.15, 0.2) is 0 Å². The van der Waals surface area contributed by atoms with Crippen LogP contribution >= 0.6 is 27.5 Å². The fourth-order valence-electron chi connectivity index (χ4n) is 1.76. The van der Waals surface area contributed by atoms with Gasteiger partial charge in [-0.1, -0.05) is 27.5 Å². The summed E-state index contributed by atoms with van der Waals surface area (Å²) < 4.78 is 15.7. The molecule has 1 aromatic carbocycles. The van der Waals surface area contributed by atoms with E-state index in [1.54, 1.807) is 26.1 Å². The van der Waals surface area contributed by atoms with Crippen LogP contribution in [-0.2, 0) is 11.8 Å². The van der Waals surface area contributed by atoms with Crippen LogP contribution in [0, 0.1) is 12.7 Å². The first-order valence-electron chi connectivity index (χ1n) is 6.01. The molecule has 0 spiro atoms. The van der Waals surface area contributed by atoms with Gasteiger partial charge >= 0.3 is 0 Å². The second-order valence-electron chi connectivity index (χ2n) is 4.36. The molecule has 0 unspecified atom stereocenters. The molecule has 1 amide bonds. The Labute approximate surface area is 134 Å². The van der Waals surface area contributed by atoms with E-state index in [9.17, 15) is 9.18 Å².